The van der Waals surface area contributed by atoms with Crippen LogP contribution in [0.5, 0.6) is 0 Å². The van der Waals surface area contributed by atoms with Crippen molar-refractivity contribution in [1.82, 2.24) is 0 Å². The first-order valence-corrected chi connectivity index (χ1v) is 6.37. The van der Waals surface area contributed by atoms with Gasteiger partial charge in [0.2, 0.25) is 8.03 Å². The topological polar surface area (TPSA) is 105 Å². The number of carbonyl (C=O) groups excluding carboxylic acids is 1. The maximum Gasteiger partial charge on any atom is 0.509 e. The van der Waals surface area contributed by atoms with Crippen molar-refractivity contribution in [2.45, 2.75) is 5.18 Å². The fourth-order valence-electron chi connectivity index (χ4n) is 0.544. The van der Waals surface area contributed by atoms with E-state index >= 15 is 0 Å². The van der Waals surface area contributed by atoms with Crippen LogP contribution < -0.4 is 0 Å². The van der Waals surface area contributed by atoms with E-state index < -0.39 is 29.5 Å². The average molecular weight is 262 g/mol. The van der Waals surface area contributed by atoms with Gasteiger partial charge >= 0.3 is 21.5 Å². The lowest BCUT2D eigenvalue weighted by Crippen LogP contribution is -2.25. The molecule has 0 bridgehead atoms. The molecular weight excluding hydrogens is 251 g/mol. The molecule has 10 heteroatoms. The molecule has 8 nitrogen and oxygen atoms in total. The molecule has 2 atom stereocenters. The molecular formula is C5H11O8PS. The van der Waals surface area contributed by atoms with Crippen molar-refractivity contribution in [2.24, 2.45) is 0 Å². The molecule has 0 aromatic carbocycles. The van der Waals surface area contributed by atoms with Crippen LogP contribution in [0.1, 0.15) is 0 Å². The third kappa shape index (κ3) is 4.17. The van der Waals surface area contributed by atoms with Crippen molar-refractivity contribution < 1.29 is 36.0 Å². The molecule has 2 unspecified atom stereocenters. The summed E-state index contributed by atoms with van der Waals surface area (Å²) in [4.78, 5) is 10.7. The molecule has 0 heterocycles. The van der Waals surface area contributed by atoms with Gasteiger partial charge in [0.1, 0.15) is 0 Å². The number of carbonyl (C=O) groups is 1. The predicted molar refractivity (Wildman–Crippen MR) is 49.2 cm³/mol. The van der Waals surface area contributed by atoms with Gasteiger partial charge in [-0.1, -0.05) is 0 Å². The summed E-state index contributed by atoms with van der Waals surface area (Å²) in [6.07, 6.45) is -1.30. The largest absolute Gasteiger partial charge is 0.509 e. The van der Waals surface area contributed by atoms with Gasteiger partial charge in [0, 0.05) is 7.11 Å². The quantitative estimate of drug-likeness (QED) is 0.391. The van der Waals surface area contributed by atoms with Gasteiger partial charge in [0.05, 0.1) is 14.2 Å². The van der Waals surface area contributed by atoms with Crippen LogP contribution in [0.25, 0.3) is 0 Å². The van der Waals surface area contributed by atoms with E-state index in [2.05, 4.69) is 18.2 Å². The summed E-state index contributed by atoms with van der Waals surface area (Å²) in [5.41, 5.74) is 0. The minimum absolute atomic E-state index is 0.841. The van der Waals surface area contributed by atoms with Crippen LogP contribution in [0.2, 0.25) is 0 Å². The van der Waals surface area contributed by atoms with E-state index in [1.54, 1.807) is 0 Å². The third-order valence-electron chi connectivity index (χ3n) is 1.26. The summed E-state index contributed by atoms with van der Waals surface area (Å²) in [7, 11) is -4.59. The normalized spacial score (nSPS) is 15.4. The standard InChI is InChI=1S/C5H11O8PS/c1-10-4(6)13-5(14(7)11-2)15(8,9)12-3/h5,14H,1-3H3. The molecule has 0 aliphatic heterocycles. The second-order valence-corrected chi connectivity index (χ2v) is 5.82. The van der Waals surface area contributed by atoms with Crippen LogP contribution in [0.15, 0.2) is 0 Å². The Kier molecular flexibility index (Phi) is 5.81. The summed E-state index contributed by atoms with van der Waals surface area (Å²) >= 11 is 0. The fourth-order valence-corrected chi connectivity index (χ4v) is 2.82. The molecule has 0 radical (unpaired) electrons. The highest BCUT2D eigenvalue weighted by atomic mass is 32.2. The van der Waals surface area contributed by atoms with E-state index in [0.29, 0.717) is 0 Å². The zero-order valence-corrected chi connectivity index (χ0v) is 10.1. The summed E-state index contributed by atoms with van der Waals surface area (Å²) in [6.45, 7) is 0. The van der Waals surface area contributed by atoms with E-state index in [4.69, 9.17) is 0 Å². The molecule has 0 rings (SSSR count). The summed E-state index contributed by atoms with van der Waals surface area (Å²) in [5, 5.41) is -2.01. The molecule has 15 heavy (non-hydrogen) atoms. The predicted octanol–water partition coefficient (Wildman–Crippen LogP) is 0.150. The highest BCUT2D eigenvalue weighted by Gasteiger charge is 2.36. The van der Waals surface area contributed by atoms with E-state index in [1.807, 2.05) is 0 Å². The van der Waals surface area contributed by atoms with Crippen LogP contribution in [0.4, 0.5) is 4.79 Å². The van der Waals surface area contributed by atoms with Crippen molar-refractivity contribution >= 4 is 24.3 Å². The summed E-state index contributed by atoms with van der Waals surface area (Å²) in [5.74, 6) is 0. The maximum atomic E-state index is 11.1. The Labute approximate surface area is 87.4 Å². The van der Waals surface area contributed by atoms with Gasteiger partial charge in [0.25, 0.3) is 0 Å². The maximum absolute atomic E-state index is 11.1. The van der Waals surface area contributed by atoms with Crippen molar-refractivity contribution in [1.29, 1.82) is 0 Å². The van der Waals surface area contributed by atoms with E-state index in [1.165, 1.54) is 0 Å². The zero-order chi connectivity index (χ0) is 12.1. The molecule has 0 spiro atoms. The van der Waals surface area contributed by atoms with Gasteiger partial charge in [-0.2, -0.15) is 8.42 Å². The van der Waals surface area contributed by atoms with Gasteiger partial charge in [-0.3, -0.25) is 8.75 Å². The van der Waals surface area contributed by atoms with Crippen molar-refractivity contribution in [3.8, 4) is 0 Å². The van der Waals surface area contributed by atoms with E-state index in [0.717, 1.165) is 21.3 Å². The van der Waals surface area contributed by atoms with Crippen molar-refractivity contribution in [3.05, 3.63) is 0 Å². The molecule has 0 aromatic rings. The molecule has 0 fully saturated rings. The Morgan fingerprint density at radius 1 is 1.27 bits per heavy atom. The lowest BCUT2D eigenvalue weighted by atomic mass is 11.3. The fraction of sp³-hybridized carbons (Fsp3) is 0.800. The Bertz CT molecular complexity index is 335. The lowest BCUT2D eigenvalue weighted by Gasteiger charge is -2.14. The Hall–Kier alpha value is -0.630. The minimum Gasteiger partial charge on any atom is -0.438 e. The zero-order valence-electron chi connectivity index (χ0n) is 8.25. The number of hydrogen-bond acceptors (Lipinski definition) is 8. The monoisotopic (exact) mass is 262 g/mol. The van der Waals surface area contributed by atoms with Gasteiger partial charge in [-0.05, 0) is 0 Å². The molecule has 0 N–H and O–H groups in total. The molecule has 0 aromatic heterocycles. The van der Waals surface area contributed by atoms with E-state index in [-0.39, 0.29) is 0 Å². The second-order valence-electron chi connectivity index (χ2n) is 2.09. The van der Waals surface area contributed by atoms with Crippen molar-refractivity contribution in [3.63, 3.8) is 0 Å². The smallest absolute Gasteiger partial charge is 0.438 e. The number of methoxy groups -OCH3 is 1. The SMILES string of the molecule is COC(=O)OC([PH](=O)OC)S(=O)(=O)OC. The highest BCUT2D eigenvalue weighted by molar-refractivity contribution is 7.92. The molecule has 0 saturated heterocycles. The lowest BCUT2D eigenvalue weighted by molar-refractivity contribution is 0.0734. The van der Waals surface area contributed by atoms with Gasteiger partial charge in [-0.25, -0.2) is 4.79 Å². The third-order valence-corrected chi connectivity index (χ3v) is 4.69. The van der Waals surface area contributed by atoms with Crippen LogP contribution in [0.3, 0.4) is 0 Å². The number of ether oxygens (including phenoxy) is 2. The minimum atomic E-state index is -4.29. The number of rotatable bonds is 5. The Morgan fingerprint density at radius 2 is 1.80 bits per heavy atom. The van der Waals surface area contributed by atoms with E-state index in [9.17, 15) is 17.8 Å². The van der Waals surface area contributed by atoms with Gasteiger partial charge < -0.3 is 14.0 Å². The Morgan fingerprint density at radius 3 is 2.13 bits per heavy atom. The summed E-state index contributed by atoms with van der Waals surface area (Å²) in [6, 6.07) is 0. The summed E-state index contributed by atoms with van der Waals surface area (Å²) < 4.78 is 50.1. The first-order valence-electron chi connectivity index (χ1n) is 3.51. The first-order chi connectivity index (χ1) is 6.88. The molecule has 90 valence electrons. The van der Waals surface area contributed by atoms with Crippen molar-refractivity contribution in [2.75, 3.05) is 21.3 Å². The first kappa shape index (κ1) is 14.4. The molecule has 0 aliphatic rings. The van der Waals surface area contributed by atoms with Crippen LogP contribution in [0, 0.1) is 0 Å². The van der Waals surface area contributed by atoms with Crippen LogP contribution >= 0.6 is 8.03 Å². The highest BCUT2D eigenvalue weighted by Crippen LogP contribution is 2.33. The van der Waals surface area contributed by atoms with Gasteiger partial charge in [0.15, 0.2) is 0 Å². The van der Waals surface area contributed by atoms with Crippen LogP contribution in [-0.2, 0) is 32.9 Å². The molecule has 0 saturated carbocycles. The Balaban J connectivity index is 4.91. The second kappa shape index (κ2) is 6.06. The van der Waals surface area contributed by atoms with Crippen LogP contribution in [-0.4, -0.2) is 41.1 Å². The molecule has 0 amide bonds. The number of hydrogen-bond donors (Lipinski definition) is 0. The van der Waals surface area contributed by atoms with Gasteiger partial charge in [-0.15, -0.1) is 0 Å². The average Bonchev–Trinajstić information content (AvgIpc) is 2.24. The molecule has 0 aliphatic carbocycles.